The molecule has 3 nitrogen and oxygen atoms in total. The molecule has 2 atom stereocenters. The lowest BCUT2D eigenvalue weighted by atomic mass is 10.1. The monoisotopic (exact) mass is 315 g/mol. The maximum absolute atomic E-state index is 9.92. The number of nitrogens with zero attached hydrogens (tertiary/aromatic N) is 1. The quantitative estimate of drug-likeness (QED) is 0.676. The highest BCUT2D eigenvalue weighted by molar-refractivity contribution is 9.09. The zero-order valence-electron chi connectivity index (χ0n) is 8.85. The average Bonchev–Trinajstić information content (AvgIpc) is 2.36. The maximum Gasteiger partial charge on any atom is 0.135 e. The highest BCUT2D eigenvalue weighted by Gasteiger charge is 2.21. The van der Waals surface area contributed by atoms with Crippen LogP contribution < -0.4 is 0 Å². The van der Waals surface area contributed by atoms with Crippen LogP contribution in [0.3, 0.4) is 0 Å². The maximum atomic E-state index is 9.92. The van der Waals surface area contributed by atoms with Gasteiger partial charge in [-0.15, -0.1) is 0 Å². The summed E-state index contributed by atoms with van der Waals surface area (Å²) in [5, 5.41) is 20.9. The molecule has 1 heterocycles. The number of aromatic nitrogens is 1. The molecule has 1 aromatic heterocycles. The van der Waals surface area contributed by atoms with E-state index in [-0.39, 0.29) is 10.5 Å². The lowest BCUT2D eigenvalue weighted by Crippen LogP contribution is -2.20. The number of alkyl halides is 1. The molecule has 0 radical (unpaired) electrons. The standard InChI is InChI=1S/C12H11BrClNO2/c13-6-10(16)11(17)8-5-7-3-1-2-4-9(7)15-12(8)14/h1-5,10-11,16-17H,6H2. The van der Waals surface area contributed by atoms with E-state index in [4.69, 9.17) is 11.6 Å². The Morgan fingerprint density at radius 2 is 2.00 bits per heavy atom. The van der Waals surface area contributed by atoms with Gasteiger partial charge in [0.25, 0.3) is 0 Å². The second kappa shape index (κ2) is 5.31. The van der Waals surface area contributed by atoms with Crippen LogP contribution in [0.15, 0.2) is 30.3 Å². The third-order valence-corrected chi connectivity index (χ3v) is 3.51. The second-order valence-corrected chi connectivity index (χ2v) is 4.73. The molecule has 0 saturated carbocycles. The van der Waals surface area contributed by atoms with Crippen LogP contribution >= 0.6 is 27.5 Å². The molecule has 0 spiro atoms. The van der Waals surface area contributed by atoms with Crippen LogP contribution in [0.4, 0.5) is 0 Å². The average molecular weight is 317 g/mol. The van der Waals surface area contributed by atoms with Crippen molar-refractivity contribution in [2.24, 2.45) is 0 Å². The van der Waals surface area contributed by atoms with Crippen molar-refractivity contribution in [2.45, 2.75) is 12.2 Å². The molecule has 17 heavy (non-hydrogen) atoms. The van der Waals surface area contributed by atoms with Crippen molar-refractivity contribution in [3.8, 4) is 0 Å². The molecule has 2 N–H and O–H groups in total. The minimum Gasteiger partial charge on any atom is -0.389 e. The highest BCUT2D eigenvalue weighted by atomic mass is 79.9. The van der Waals surface area contributed by atoms with Gasteiger partial charge in [0.15, 0.2) is 0 Å². The molecule has 2 unspecified atom stereocenters. The van der Waals surface area contributed by atoms with E-state index in [0.717, 1.165) is 10.9 Å². The number of fused-ring (bicyclic) bond motifs is 1. The Kier molecular flexibility index (Phi) is 3.99. The number of para-hydroxylation sites is 1. The molecule has 0 aliphatic carbocycles. The Balaban J connectivity index is 2.50. The van der Waals surface area contributed by atoms with Crippen molar-refractivity contribution in [2.75, 3.05) is 5.33 Å². The predicted octanol–water partition coefficient (Wildman–Crippen LogP) is 2.68. The van der Waals surface area contributed by atoms with Crippen molar-refractivity contribution in [1.82, 2.24) is 4.98 Å². The van der Waals surface area contributed by atoms with Crippen molar-refractivity contribution >= 4 is 38.4 Å². The number of hydrogen-bond donors (Lipinski definition) is 2. The zero-order valence-corrected chi connectivity index (χ0v) is 11.2. The summed E-state index contributed by atoms with van der Waals surface area (Å²) in [6.45, 7) is 0. The number of benzene rings is 1. The van der Waals surface area contributed by atoms with Crippen molar-refractivity contribution in [3.05, 3.63) is 41.0 Å². The molecule has 0 aliphatic heterocycles. The summed E-state index contributed by atoms with van der Waals surface area (Å²) in [6.07, 6.45) is -1.95. The Labute approximate surface area is 112 Å². The van der Waals surface area contributed by atoms with Crippen molar-refractivity contribution < 1.29 is 10.2 Å². The van der Waals surface area contributed by atoms with Crippen LogP contribution in [0, 0.1) is 0 Å². The van der Waals surface area contributed by atoms with E-state index in [0.29, 0.717) is 5.56 Å². The molecule has 2 aromatic rings. The van der Waals surface area contributed by atoms with E-state index in [1.54, 1.807) is 6.07 Å². The largest absolute Gasteiger partial charge is 0.389 e. The molecular weight excluding hydrogens is 305 g/mol. The fraction of sp³-hybridized carbons (Fsp3) is 0.250. The lowest BCUT2D eigenvalue weighted by Gasteiger charge is -2.17. The lowest BCUT2D eigenvalue weighted by molar-refractivity contribution is 0.0342. The SMILES string of the molecule is OC(CBr)C(O)c1cc2ccccc2nc1Cl. The minimum absolute atomic E-state index is 0.219. The molecule has 0 fully saturated rings. The Morgan fingerprint density at radius 3 is 2.71 bits per heavy atom. The second-order valence-electron chi connectivity index (χ2n) is 3.73. The summed E-state index contributed by atoms with van der Waals surface area (Å²) in [7, 11) is 0. The Morgan fingerprint density at radius 1 is 1.29 bits per heavy atom. The van der Waals surface area contributed by atoms with Gasteiger partial charge in [-0.05, 0) is 12.1 Å². The van der Waals surface area contributed by atoms with E-state index >= 15 is 0 Å². The number of hydrogen-bond acceptors (Lipinski definition) is 3. The first-order chi connectivity index (χ1) is 8.13. The Bertz CT molecular complexity index is 535. The van der Waals surface area contributed by atoms with Crippen LogP contribution in [0.5, 0.6) is 0 Å². The van der Waals surface area contributed by atoms with Gasteiger partial charge in [0.05, 0.1) is 11.6 Å². The summed E-state index contributed by atoms with van der Waals surface area (Å²) in [5.74, 6) is 0. The van der Waals surface area contributed by atoms with Gasteiger partial charge < -0.3 is 10.2 Å². The molecule has 0 amide bonds. The predicted molar refractivity (Wildman–Crippen MR) is 71.5 cm³/mol. The molecule has 0 aliphatic rings. The van der Waals surface area contributed by atoms with Gasteiger partial charge in [0.2, 0.25) is 0 Å². The van der Waals surface area contributed by atoms with E-state index in [1.807, 2.05) is 24.3 Å². The van der Waals surface area contributed by atoms with Crippen LogP contribution in [0.2, 0.25) is 5.15 Å². The van der Waals surface area contributed by atoms with Gasteiger partial charge >= 0.3 is 0 Å². The first kappa shape index (κ1) is 12.8. The highest BCUT2D eigenvalue weighted by Crippen LogP contribution is 2.28. The van der Waals surface area contributed by atoms with E-state index in [9.17, 15) is 10.2 Å². The molecule has 2 rings (SSSR count). The van der Waals surface area contributed by atoms with Crippen LogP contribution in [-0.2, 0) is 0 Å². The summed E-state index contributed by atoms with van der Waals surface area (Å²) in [4.78, 5) is 4.19. The van der Waals surface area contributed by atoms with Gasteiger partial charge in [0, 0.05) is 16.3 Å². The number of aliphatic hydroxyl groups excluding tert-OH is 2. The number of rotatable bonds is 3. The summed E-state index contributed by atoms with van der Waals surface area (Å²) in [5.41, 5.74) is 1.21. The van der Waals surface area contributed by atoms with Gasteiger partial charge in [-0.1, -0.05) is 45.7 Å². The Hall–Kier alpha value is -0.680. The molecular formula is C12H11BrClNO2. The van der Waals surface area contributed by atoms with Crippen LogP contribution in [0.25, 0.3) is 10.9 Å². The summed E-state index contributed by atoms with van der Waals surface area (Å²) >= 11 is 9.12. The smallest absolute Gasteiger partial charge is 0.135 e. The topological polar surface area (TPSA) is 53.4 Å². The normalized spacial score (nSPS) is 14.8. The first-order valence-corrected chi connectivity index (χ1v) is 6.60. The fourth-order valence-electron chi connectivity index (χ4n) is 1.61. The molecule has 5 heteroatoms. The minimum atomic E-state index is -1.04. The van der Waals surface area contributed by atoms with E-state index < -0.39 is 12.2 Å². The fourth-order valence-corrected chi connectivity index (χ4v) is 2.22. The molecule has 0 bridgehead atoms. The van der Waals surface area contributed by atoms with Gasteiger partial charge in [0.1, 0.15) is 11.3 Å². The third kappa shape index (κ3) is 2.60. The van der Waals surface area contributed by atoms with E-state index in [2.05, 4.69) is 20.9 Å². The van der Waals surface area contributed by atoms with Crippen molar-refractivity contribution in [3.63, 3.8) is 0 Å². The van der Waals surface area contributed by atoms with Gasteiger partial charge in [-0.2, -0.15) is 0 Å². The number of pyridine rings is 1. The first-order valence-electron chi connectivity index (χ1n) is 5.10. The summed E-state index contributed by atoms with van der Waals surface area (Å²) < 4.78 is 0. The zero-order chi connectivity index (χ0) is 12.4. The van der Waals surface area contributed by atoms with Crippen LogP contribution in [0.1, 0.15) is 11.7 Å². The van der Waals surface area contributed by atoms with Crippen LogP contribution in [-0.4, -0.2) is 26.6 Å². The van der Waals surface area contributed by atoms with Gasteiger partial charge in [-0.25, -0.2) is 4.98 Å². The van der Waals surface area contributed by atoms with E-state index in [1.165, 1.54) is 0 Å². The molecule has 90 valence electrons. The molecule has 1 aromatic carbocycles. The molecule has 0 saturated heterocycles. The van der Waals surface area contributed by atoms with Crippen molar-refractivity contribution in [1.29, 1.82) is 0 Å². The number of halogens is 2. The summed E-state index contributed by atoms with van der Waals surface area (Å²) in [6, 6.07) is 9.24. The third-order valence-electron chi connectivity index (χ3n) is 2.55. The number of aliphatic hydroxyl groups is 2. The van der Waals surface area contributed by atoms with Gasteiger partial charge in [-0.3, -0.25) is 0 Å².